The number of amides is 2. The fraction of sp³-hybridized carbons (Fsp3) is 0.615. The second kappa shape index (κ2) is 5.94. The Morgan fingerprint density at radius 2 is 2.30 bits per heavy atom. The van der Waals surface area contributed by atoms with Crippen molar-refractivity contribution in [2.45, 2.75) is 39.2 Å². The molecule has 0 aromatic carbocycles. The smallest absolute Gasteiger partial charge is 0.276 e. The molecular formula is C13H21N5O2. The molecule has 0 bridgehead atoms. The average Bonchev–Trinajstić information content (AvgIpc) is 2.97. The van der Waals surface area contributed by atoms with Gasteiger partial charge in [-0.05, 0) is 12.8 Å². The Morgan fingerprint density at radius 3 is 2.95 bits per heavy atom. The summed E-state index contributed by atoms with van der Waals surface area (Å²) < 4.78 is 0. The molecule has 2 rings (SSSR count). The van der Waals surface area contributed by atoms with Gasteiger partial charge in [-0.3, -0.25) is 14.7 Å². The molecule has 2 heterocycles. The summed E-state index contributed by atoms with van der Waals surface area (Å²) >= 11 is 0. The Hall–Kier alpha value is -2.05. The molecular weight excluding hydrogens is 258 g/mol. The zero-order valence-corrected chi connectivity index (χ0v) is 11.9. The van der Waals surface area contributed by atoms with Crippen LogP contribution < -0.4 is 11.1 Å². The van der Waals surface area contributed by atoms with Gasteiger partial charge in [0.1, 0.15) is 0 Å². The number of aromatic amines is 1. The van der Waals surface area contributed by atoms with Gasteiger partial charge in [0.05, 0.1) is 11.4 Å². The van der Waals surface area contributed by atoms with Gasteiger partial charge < -0.3 is 16.0 Å². The molecule has 1 fully saturated rings. The lowest BCUT2D eigenvalue weighted by molar-refractivity contribution is -0.119. The van der Waals surface area contributed by atoms with E-state index < -0.39 is 0 Å². The quantitative estimate of drug-likeness (QED) is 0.737. The molecule has 1 saturated heterocycles. The summed E-state index contributed by atoms with van der Waals surface area (Å²) in [5.41, 5.74) is 7.51. The number of nitrogen functional groups attached to an aromatic ring is 1. The monoisotopic (exact) mass is 279 g/mol. The predicted octanol–water partition coefficient (Wildman–Crippen LogP) is 0.295. The van der Waals surface area contributed by atoms with Crippen LogP contribution in [0, 0.1) is 0 Å². The maximum Gasteiger partial charge on any atom is 0.276 e. The summed E-state index contributed by atoms with van der Waals surface area (Å²) in [7, 11) is 0. The Labute approximate surface area is 117 Å². The van der Waals surface area contributed by atoms with Gasteiger partial charge in [-0.2, -0.15) is 5.10 Å². The number of H-pyrrole nitrogens is 1. The largest absolute Gasteiger partial charge is 0.395 e. The van der Waals surface area contributed by atoms with E-state index in [0.717, 1.165) is 25.0 Å². The number of nitrogens with two attached hydrogens (primary N) is 1. The Morgan fingerprint density at radius 1 is 1.55 bits per heavy atom. The Bertz CT molecular complexity index is 511. The molecule has 1 aliphatic heterocycles. The summed E-state index contributed by atoms with van der Waals surface area (Å²) in [6.45, 7) is 4.64. The van der Waals surface area contributed by atoms with Gasteiger partial charge >= 0.3 is 0 Å². The highest BCUT2D eigenvalue weighted by Gasteiger charge is 2.30. The first kappa shape index (κ1) is 14.4. The van der Waals surface area contributed by atoms with Crippen molar-refractivity contribution in [2.24, 2.45) is 0 Å². The minimum Gasteiger partial charge on any atom is -0.395 e. The minimum absolute atomic E-state index is 0.0201. The lowest BCUT2D eigenvalue weighted by Crippen LogP contribution is -2.37. The maximum atomic E-state index is 12.4. The molecule has 110 valence electrons. The van der Waals surface area contributed by atoms with Crippen molar-refractivity contribution in [1.29, 1.82) is 0 Å². The molecule has 0 radical (unpaired) electrons. The molecule has 1 aromatic heterocycles. The van der Waals surface area contributed by atoms with Crippen LogP contribution in [0.3, 0.4) is 0 Å². The summed E-state index contributed by atoms with van der Waals surface area (Å²) in [6, 6.07) is 0.0201. The standard InChI is InChI=1S/C13H21N5O2/c1-3-4-10-11(14)12(17-16-10)13(20)18-6-5-9(7-18)15-8(2)19/h9H,3-7,14H2,1-2H3,(H,15,19)(H,16,17). The third kappa shape index (κ3) is 2.92. The van der Waals surface area contributed by atoms with E-state index in [9.17, 15) is 9.59 Å². The number of likely N-dealkylation sites (tertiary alicyclic amines) is 1. The van der Waals surface area contributed by atoms with Crippen LogP contribution in [-0.4, -0.2) is 46.0 Å². The molecule has 20 heavy (non-hydrogen) atoms. The SMILES string of the molecule is CCCc1[nH]nc(C(=O)N2CCC(NC(C)=O)C2)c1N. The minimum atomic E-state index is -0.172. The van der Waals surface area contributed by atoms with Gasteiger partial charge in [-0.15, -0.1) is 0 Å². The zero-order chi connectivity index (χ0) is 14.7. The number of nitrogens with one attached hydrogen (secondary N) is 2. The highest BCUT2D eigenvalue weighted by Crippen LogP contribution is 2.20. The fourth-order valence-corrected chi connectivity index (χ4v) is 2.49. The van der Waals surface area contributed by atoms with Crippen molar-refractivity contribution < 1.29 is 9.59 Å². The number of carbonyl (C=O) groups is 2. The third-order valence-corrected chi connectivity index (χ3v) is 3.47. The van der Waals surface area contributed by atoms with Crippen LogP contribution in [0.4, 0.5) is 5.69 Å². The maximum absolute atomic E-state index is 12.4. The van der Waals surface area contributed by atoms with Gasteiger partial charge in [0.15, 0.2) is 5.69 Å². The average molecular weight is 279 g/mol. The highest BCUT2D eigenvalue weighted by molar-refractivity contribution is 5.97. The van der Waals surface area contributed by atoms with Crippen molar-refractivity contribution in [1.82, 2.24) is 20.4 Å². The molecule has 1 aromatic rings. The molecule has 1 aliphatic rings. The second-order valence-electron chi connectivity index (χ2n) is 5.15. The predicted molar refractivity (Wildman–Crippen MR) is 75.1 cm³/mol. The van der Waals surface area contributed by atoms with Crippen LogP contribution in [0.2, 0.25) is 0 Å². The van der Waals surface area contributed by atoms with Crippen LogP contribution in [0.25, 0.3) is 0 Å². The fourth-order valence-electron chi connectivity index (χ4n) is 2.49. The van der Waals surface area contributed by atoms with Crippen molar-refractivity contribution in [3.05, 3.63) is 11.4 Å². The first-order valence-corrected chi connectivity index (χ1v) is 6.92. The van der Waals surface area contributed by atoms with Crippen molar-refractivity contribution in [2.75, 3.05) is 18.8 Å². The number of hydrogen-bond donors (Lipinski definition) is 3. The van der Waals surface area contributed by atoms with Crippen molar-refractivity contribution >= 4 is 17.5 Å². The topological polar surface area (TPSA) is 104 Å². The first-order chi connectivity index (χ1) is 9.52. The van der Waals surface area contributed by atoms with E-state index in [2.05, 4.69) is 15.5 Å². The van der Waals surface area contributed by atoms with E-state index >= 15 is 0 Å². The van der Waals surface area contributed by atoms with E-state index in [-0.39, 0.29) is 23.6 Å². The van der Waals surface area contributed by atoms with Crippen LogP contribution in [0.5, 0.6) is 0 Å². The van der Waals surface area contributed by atoms with Crippen LogP contribution in [0.1, 0.15) is 42.9 Å². The number of aryl methyl sites for hydroxylation is 1. The van der Waals surface area contributed by atoms with Gasteiger partial charge in [-0.25, -0.2) is 0 Å². The van der Waals surface area contributed by atoms with E-state index in [0.29, 0.717) is 18.8 Å². The summed E-state index contributed by atoms with van der Waals surface area (Å²) in [5, 5.41) is 9.69. The Balaban J connectivity index is 2.03. The molecule has 2 amide bonds. The number of nitrogens with zero attached hydrogens (tertiary/aromatic N) is 2. The highest BCUT2D eigenvalue weighted by atomic mass is 16.2. The van der Waals surface area contributed by atoms with Crippen LogP contribution in [0.15, 0.2) is 0 Å². The molecule has 0 saturated carbocycles. The first-order valence-electron chi connectivity index (χ1n) is 6.92. The molecule has 7 nitrogen and oxygen atoms in total. The number of rotatable bonds is 4. The number of hydrogen-bond acceptors (Lipinski definition) is 4. The summed E-state index contributed by atoms with van der Waals surface area (Å²) in [6.07, 6.45) is 2.48. The van der Waals surface area contributed by atoms with Crippen LogP contribution >= 0.6 is 0 Å². The molecule has 4 N–H and O–H groups in total. The van der Waals surface area contributed by atoms with Crippen molar-refractivity contribution in [3.8, 4) is 0 Å². The summed E-state index contributed by atoms with van der Waals surface area (Å²) in [5.74, 6) is -0.247. The van der Waals surface area contributed by atoms with E-state index in [1.54, 1.807) is 4.90 Å². The second-order valence-corrected chi connectivity index (χ2v) is 5.15. The van der Waals surface area contributed by atoms with Crippen LogP contribution in [-0.2, 0) is 11.2 Å². The van der Waals surface area contributed by atoms with Gasteiger partial charge in [0.2, 0.25) is 5.91 Å². The van der Waals surface area contributed by atoms with Crippen molar-refractivity contribution in [3.63, 3.8) is 0 Å². The van der Waals surface area contributed by atoms with Gasteiger partial charge in [0, 0.05) is 26.1 Å². The molecule has 1 unspecified atom stereocenters. The molecule has 0 aliphatic carbocycles. The van der Waals surface area contributed by atoms with Gasteiger partial charge in [-0.1, -0.05) is 13.3 Å². The zero-order valence-electron chi connectivity index (χ0n) is 11.9. The number of carbonyl (C=O) groups excluding carboxylic acids is 2. The summed E-state index contributed by atoms with van der Waals surface area (Å²) in [4.78, 5) is 25.1. The molecule has 1 atom stereocenters. The third-order valence-electron chi connectivity index (χ3n) is 3.47. The van der Waals surface area contributed by atoms with E-state index in [1.807, 2.05) is 6.92 Å². The lowest BCUT2D eigenvalue weighted by atomic mass is 10.2. The van der Waals surface area contributed by atoms with E-state index in [4.69, 9.17) is 5.73 Å². The Kier molecular flexibility index (Phi) is 4.26. The molecule has 0 spiro atoms. The number of anilines is 1. The van der Waals surface area contributed by atoms with E-state index in [1.165, 1.54) is 6.92 Å². The lowest BCUT2D eigenvalue weighted by Gasteiger charge is -2.15. The van der Waals surface area contributed by atoms with Gasteiger partial charge in [0.25, 0.3) is 5.91 Å². The number of aromatic nitrogens is 2. The normalized spacial score (nSPS) is 18.3. The molecule has 7 heteroatoms.